The Balaban J connectivity index is 1.24. The van der Waals surface area contributed by atoms with Gasteiger partial charge in [-0.15, -0.1) is 22.7 Å². The smallest absolute Gasteiger partial charge is 0.259 e. The van der Waals surface area contributed by atoms with Gasteiger partial charge in [-0.25, -0.2) is 9.97 Å². The summed E-state index contributed by atoms with van der Waals surface area (Å²) in [6.45, 7) is 0. The van der Waals surface area contributed by atoms with Crippen molar-refractivity contribution < 1.29 is 4.79 Å². The van der Waals surface area contributed by atoms with Gasteiger partial charge in [0.05, 0.1) is 5.39 Å². The molecule has 1 amide bonds. The van der Waals surface area contributed by atoms with E-state index in [1.165, 1.54) is 10.4 Å². The molecule has 0 atom stereocenters. The normalized spacial score (nSPS) is 13.0. The van der Waals surface area contributed by atoms with Gasteiger partial charge in [0, 0.05) is 40.5 Å². The van der Waals surface area contributed by atoms with E-state index in [0.29, 0.717) is 12.2 Å². The molecule has 0 fully saturated rings. The highest BCUT2D eigenvalue weighted by molar-refractivity contribution is 7.18. The zero-order chi connectivity index (χ0) is 19.8. The molecule has 0 unspecified atom stereocenters. The molecule has 0 bridgehead atoms. The van der Waals surface area contributed by atoms with Crippen molar-refractivity contribution in [2.45, 2.75) is 32.1 Å². The predicted octanol–water partition coefficient (Wildman–Crippen LogP) is 4.17. The molecule has 8 heteroatoms. The van der Waals surface area contributed by atoms with E-state index in [4.69, 9.17) is 0 Å². The van der Waals surface area contributed by atoms with Gasteiger partial charge in [0.1, 0.15) is 15.7 Å². The van der Waals surface area contributed by atoms with Crippen molar-refractivity contribution in [1.82, 2.24) is 15.0 Å². The molecule has 0 saturated carbocycles. The monoisotopic (exact) mass is 422 g/mol. The molecule has 2 N–H and O–H groups in total. The number of hydrogen-bond donors (Lipinski definition) is 2. The molecule has 146 valence electrons. The minimum Gasteiger partial charge on any atom is -0.326 e. The van der Waals surface area contributed by atoms with Crippen molar-refractivity contribution in [3.8, 4) is 10.6 Å². The van der Waals surface area contributed by atoms with Crippen LogP contribution in [0.2, 0.25) is 0 Å². The SMILES string of the molecule is O=C(CCc1nc2sc3c(c2c(=O)[nH]1)CCC3)Nc1ccc(-c2nccs2)cc1. The van der Waals surface area contributed by atoms with Crippen molar-refractivity contribution in [1.29, 1.82) is 0 Å². The molecule has 1 aliphatic carbocycles. The van der Waals surface area contributed by atoms with Crippen molar-refractivity contribution in [2.24, 2.45) is 0 Å². The number of carbonyl (C=O) groups excluding carboxylic acids is 1. The number of aromatic nitrogens is 3. The van der Waals surface area contributed by atoms with Crippen molar-refractivity contribution in [3.05, 3.63) is 62.5 Å². The number of rotatable bonds is 5. The van der Waals surface area contributed by atoms with Gasteiger partial charge in [0.2, 0.25) is 5.91 Å². The van der Waals surface area contributed by atoms with Gasteiger partial charge in [-0.3, -0.25) is 9.59 Å². The Morgan fingerprint density at radius 2 is 2.07 bits per heavy atom. The van der Waals surface area contributed by atoms with E-state index < -0.39 is 0 Å². The summed E-state index contributed by atoms with van der Waals surface area (Å²) in [5.41, 5.74) is 2.85. The summed E-state index contributed by atoms with van der Waals surface area (Å²) in [6.07, 6.45) is 5.54. The maximum absolute atomic E-state index is 12.5. The first-order chi connectivity index (χ1) is 14.2. The van der Waals surface area contributed by atoms with Gasteiger partial charge in [0.15, 0.2) is 0 Å². The van der Waals surface area contributed by atoms with Crippen LogP contribution in [0.4, 0.5) is 5.69 Å². The van der Waals surface area contributed by atoms with E-state index in [1.807, 2.05) is 29.6 Å². The van der Waals surface area contributed by atoms with E-state index >= 15 is 0 Å². The molecule has 0 saturated heterocycles. The van der Waals surface area contributed by atoms with Crippen LogP contribution in [-0.2, 0) is 24.1 Å². The van der Waals surface area contributed by atoms with Gasteiger partial charge < -0.3 is 10.3 Å². The number of thiazole rings is 1. The average Bonchev–Trinajstić information content (AvgIpc) is 3.44. The molecule has 6 nitrogen and oxygen atoms in total. The largest absolute Gasteiger partial charge is 0.326 e. The number of hydrogen-bond acceptors (Lipinski definition) is 6. The third-order valence-corrected chi connectivity index (χ3v) is 7.07. The Morgan fingerprint density at radius 3 is 2.86 bits per heavy atom. The Labute approximate surface area is 174 Å². The number of benzene rings is 1. The lowest BCUT2D eigenvalue weighted by molar-refractivity contribution is -0.116. The number of thiophene rings is 1. The van der Waals surface area contributed by atoms with Crippen LogP contribution in [0.1, 0.15) is 29.1 Å². The fourth-order valence-electron chi connectivity index (χ4n) is 3.68. The van der Waals surface area contributed by atoms with Crippen LogP contribution in [0, 0.1) is 0 Å². The summed E-state index contributed by atoms with van der Waals surface area (Å²) in [5.74, 6) is 0.458. The molecule has 29 heavy (non-hydrogen) atoms. The van der Waals surface area contributed by atoms with Gasteiger partial charge in [-0.2, -0.15) is 0 Å². The number of amides is 1. The number of anilines is 1. The van der Waals surface area contributed by atoms with Gasteiger partial charge in [0.25, 0.3) is 5.56 Å². The molecule has 1 aromatic carbocycles. The molecule has 0 spiro atoms. The van der Waals surface area contributed by atoms with E-state index in [1.54, 1.807) is 28.9 Å². The number of carbonyl (C=O) groups is 1. The second kappa shape index (κ2) is 7.53. The third-order valence-electron chi connectivity index (χ3n) is 5.06. The Morgan fingerprint density at radius 1 is 1.21 bits per heavy atom. The molecular weight excluding hydrogens is 404 g/mol. The van der Waals surface area contributed by atoms with Crippen molar-refractivity contribution >= 4 is 44.5 Å². The van der Waals surface area contributed by atoms with Gasteiger partial charge >= 0.3 is 0 Å². The summed E-state index contributed by atoms with van der Waals surface area (Å²) >= 11 is 3.19. The molecule has 3 aromatic heterocycles. The summed E-state index contributed by atoms with van der Waals surface area (Å²) in [5, 5.41) is 6.53. The molecule has 1 aliphatic rings. The lowest BCUT2D eigenvalue weighted by Crippen LogP contribution is -2.16. The standard InChI is InChI=1S/C21H18N4O2S2/c26-17(23-13-6-4-12(5-7-13)20-22-10-11-28-20)9-8-16-24-19(27)18-14-2-1-3-15(14)29-21(18)25-16/h4-7,10-11H,1-3,8-9H2,(H,23,26)(H,24,25,27). The van der Waals surface area contributed by atoms with E-state index in [0.717, 1.165) is 45.7 Å². The highest BCUT2D eigenvalue weighted by Crippen LogP contribution is 2.34. The zero-order valence-corrected chi connectivity index (χ0v) is 17.2. The summed E-state index contributed by atoms with van der Waals surface area (Å²) in [4.78, 5) is 38.6. The Bertz CT molecular complexity index is 1240. The minimum atomic E-state index is -0.108. The van der Waals surface area contributed by atoms with Crippen LogP contribution >= 0.6 is 22.7 Å². The van der Waals surface area contributed by atoms with Crippen molar-refractivity contribution in [3.63, 3.8) is 0 Å². The molecule has 4 aromatic rings. The van der Waals surface area contributed by atoms with Crippen LogP contribution in [-0.4, -0.2) is 20.9 Å². The van der Waals surface area contributed by atoms with E-state index in [-0.39, 0.29) is 17.9 Å². The second-order valence-corrected chi connectivity index (χ2v) is 8.99. The number of aromatic amines is 1. The van der Waals surface area contributed by atoms with Crippen LogP contribution in [0.25, 0.3) is 20.8 Å². The number of nitrogens with one attached hydrogen (secondary N) is 2. The van der Waals surface area contributed by atoms with Gasteiger partial charge in [-0.1, -0.05) is 0 Å². The summed E-state index contributed by atoms with van der Waals surface area (Å²) in [6, 6.07) is 7.62. The summed E-state index contributed by atoms with van der Waals surface area (Å²) in [7, 11) is 0. The number of H-pyrrole nitrogens is 1. The van der Waals surface area contributed by atoms with Crippen LogP contribution in [0.15, 0.2) is 40.6 Å². The first-order valence-electron chi connectivity index (χ1n) is 9.50. The zero-order valence-electron chi connectivity index (χ0n) is 15.5. The minimum absolute atomic E-state index is 0.0809. The quantitative estimate of drug-likeness (QED) is 0.505. The number of aryl methyl sites for hydroxylation is 3. The Kier molecular flexibility index (Phi) is 4.73. The third kappa shape index (κ3) is 3.61. The van der Waals surface area contributed by atoms with Crippen molar-refractivity contribution in [2.75, 3.05) is 5.32 Å². The highest BCUT2D eigenvalue weighted by Gasteiger charge is 2.21. The molecule has 0 radical (unpaired) electrons. The molecule has 3 heterocycles. The summed E-state index contributed by atoms with van der Waals surface area (Å²) < 4.78 is 0. The van der Waals surface area contributed by atoms with Crippen LogP contribution in [0.5, 0.6) is 0 Å². The fraction of sp³-hybridized carbons (Fsp3) is 0.238. The first-order valence-corrected chi connectivity index (χ1v) is 11.2. The molecule has 0 aliphatic heterocycles. The molecular formula is C21H18N4O2S2. The molecule has 5 rings (SSSR count). The first kappa shape index (κ1) is 18.2. The topological polar surface area (TPSA) is 87.7 Å². The maximum Gasteiger partial charge on any atom is 0.259 e. The van der Waals surface area contributed by atoms with Crippen LogP contribution < -0.4 is 10.9 Å². The lowest BCUT2D eigenvalue weighted by atomic mass is 10.2. The van der Waals surface area contributed by atoms with E-state index in [2.05, 4.69) is 20.3 Å². The highest BCUT2D eigenvalue weighted by atomic mass is 32.1. The Hall–Kier alpha value is -2.84. The second-order valence-electron chi connectivity index (χ2n) is 7.01. The lowest BCUT2D eigenvalue weighted by Gasteiger charge is -2.06. The van der Waals surface area contributed by atoms with E-state index in [9.17, 15) is 9.59 Å². The predicted molar refractivity (Wildman–Crippen MR) is 117 cm³/mol. The average molecular weight is 423 g/mol. The number of nitrogens with zero attached hydrogens (tertiary/aromatic N) is 2. The van der Waals surface area contributed by atoms with Crippen LogP contribution in [0.3, 0.4) is 0 Å². The van der Waals surface area contributed by atoms with Gasteiger partial charge in [-0.05, 0) is 49.1 Å². The number of fused-ring (bicyclic) bond motifs is 3. The fourth-order valence-corrected chi connectivity index (χ4v) is 5.61. The maximum atomic E-state index is 12.5.